The molecule has 0 radical (unpaired) electrons. The minimum absolute atomic E-state index is 0.174. The van der Waals surface area contributed by atoms with Gasteiger partial charge in [0.15, 0.2) is 0 Å². The number of rotatable bonds is 4. The summed E-state index contributed by atoms with van der Waals surface area (Å²) in [6.45, 7) is 5.06. The van der Waals surface area contributed by atoms with Gasteiger partial charge in [0, 0.05) is 6.04 Å². The van der Waals surface area contributed by atoms with Crippen molar-refractivity contribution in [3.8, 4) is 0 Å². The highest BCUT2D eigenvalue weighted by Crippen LogP contribution is 2.35. The highest BCUT2D eigenvalue weighted by Gasteiger charge is 2.31. The second kappa shape index (κ2) is 5.26. The van der Waals surface area contributed by atoms with Gasteiger partial charge in [0.05, 0.1) is 6.54 Å². The first-order valence-electron chi connectivity index (χ1n) is 6.64. The summed E-state index contributed by atoms with van der Waals surface area (Å²) in [6, 6.07) is 3.49. The van der Waals surface area contributed by atoms with Crippen LogP contribution in [0.1, 0.15) is 45.3 Å². The Morgan fingerprint density at radius 2 is 2.16 bits per heavy atom. The lowest BCUT2D eigenvalue weighted by Crippen LogP contribution is -2.43. The predicted octanol–water partition coefficient (Wildman–Crippen LogP) is 1.99. The summed E-state index contributed by atoms with van der Waals surface area (Å²) in [4.78, 5) is 0. The van der Waals surface area contributed by atoms with Crippen molar-refractivity contribution in [1.29, 1.82) is 0 Å². The van der Waals surface area contributed by atoms with Crippen molar-refractivity contribution in [2.45, 2.75) is 57.2 Å². The van der Waals surface area contributed by atoms with Crippen molar-refractivity contribution in [2.75, 3.05) is 0 Å². The molecule has 0 bridgehead atoms. The van der Waals surface area contributed by atoms with Crippen LogP contribution in [0.25, 0.3) is 0 Å². The molecule has 6 heteroatoms. The van der Waals surface area contributed by atoms with Gasteiger partial charge < -0.3 is 9.73 Å². The van der Waals surface area contributed by atoms with Crippen LogP contribution in [0.15, 0.2) is 21.6 Å². The monoisotopic (exact) mass is 286 g/mol. The lowest BCUT2D eigenvalue weighted by atomic mass is 9.73. The molecule has 108 valence electrons. The number of nitrogens with two attached hydrogens (primary N) is 1. The first-order chi connectivity index (χ1) is 8.79. The van der Waals surface area contributed by atoms with E-state index in [1.54, 1.807) is 6.07 Å². The van der Waals surface area contributed by atoms with Crippen LogP contribution in [0, 0.1) is 5.41 Å². The van der Waals surface area contributed by atoms with E-state index in [1.807, 2.05) is 0 Å². The molecule has 1 saturated carbocycles. The molecule has 1 atom stereocenters. The molecule has 0 aliphatic heterocycles. The molecule has 5 nitrogen and oxygen atoms in total. The average molecular weight is 286 g/mol. The molecule has 0 aromatic carbocycles. The Kier molecular flexibility index (Phi) is 4.03. The third kappa shape index (κ3) is 3.58. The Morgan fingerprint density at radius 1 is 1.42 bits per heavy atom. The minimum Gasteiger partial charge on any atom is -0.447 e. The Balaban J connectivity index is 1.97. The van der Waals surface area contributed by atoms with Gasteiger partial charge in [-0.3, -0.25) is 0 Å². The van der Waals surface area contributed by atoms with E-state index >= 15 is 0 Å². The fourth-order valence-corrected chi connectivity index (χ4v) is 3.18. The third-order valence-electron chi connectivity index (χ3n) is 3.95. The summed E-state index contributed by atoms with van der Waals surface area (Å²) < 4.78 is 27.5. The van der Waals surface area contributed by atoms with Gasteiger partial charge in [-0.1, -0.05) is 26.7 Å². The molecule has 1 aromatic heterocycles. The molecule has 19 heavy (non-hydrogen) atoms. The van der Waals surface area contributed by atoms with E-state index in [0.29, 0.717) is 18.3 Å². The second-order valence-corrected chi connectivity index (χ2v) is 7.43. The molecule has 1 aliphatic carbocycles. The fraction of sp³-hybridized carbons (Fsp3) is 0.692. The minimum atomic E-state index is -3.74. The Hall–Kier alpha value is -0.850. The first-order valence-corrected chi connectivity index (χ1v) is 8.18. The van der Waals surface area contributed by atoms with Crippen molar-refractivity contribution in [3.63, 3.8) is 0 Å². The van der Waals surface area contributed by atoms with Crippen LogP contribution in [0.3, 0.4) is 0 Å². The van der Waals surface area contributed by atoms with Crippen LogP contribution in [0.2, 0.25) is 0 Å². The van der Waals surface area contributed by atoms with E-state index in [9.17, 15) is 8.42 Å². The molecule has 2 rings (SSSR count). The number of hydrogen-bond donors (Lipinski definition) is 2. The standard InChI is InChI=1S/C13H22N2O3S/c1-13(2)8-4-3-5-11(13)15-9-10-6-7-12(18-10)19(14,16)17/h6-7,11,15H,3-5,8-9H2,1-2H3,(H2,14,16,17). The summed E-state index contributed by atoms with van der Waals surface area (Å²) >= 11 is 0. The summed E-state index contributed by atoms with van der Waals surface area (Å²) in [5, 5.41) is 8.30. The van der Waals surface area contributed by atoms with Gasteiger partial charge in [0.25, 0.3) is 10.0 Å². The van der Waals surface area contributed by atoms with Gasteiger partial charge in [0.1, 0.15) is 5.76 Å². The molecule has 1 aromatic rings. The number of sulfonamides is 1. The molecular formula is C13H22N2O3S. The summed E-state index contributed by atoms with van der Waals surface area (Å²) in [5.41, 5.74) is 0.271. The molecule has 0 saturated heterocycles. The zero-order valence-corrected chi connectivity index (χ0v) is 12.3. The van der Waals surface area contributed by atoms with Crippen molar-refractivity contribution in [2.24, 2.45) is 10.6 Å². The van der Waals surface area contributed by atoms with Gasteiger partial charge >= 0.3 is 0 Å². The Labute approximate surface area is 114 Å². The maximum absolute atomic E-state index is 11.1. The van der Waals surface area contributed by atoms with Crippen LogP contribution in [0.5, 0.6) is 0 Å². The molecule has 0 spiro atoms. The lowest BCUT2D eigenvalue weighted by Gasteiger charge is -2.39. The van der Waals surface area contributed by atoms with Crippen LogP contribution >= 0.6 is 0 Å². The molecule has 1 unspecified atom stereocenters. The van der Waals surface area contributed by atoms with E-state index in [0.717, 1.165) is 6.42 Å². The highest BCUT2D eigenvalue weighted by atomic mass is 32.2. The van der Waals surface area contributed by atoms with Crippen molar-refractivity contribution < 1.29 is 12.8 Å². The van der Waals surface area contributed by atoms with Crippen molar-refractivity contribution in [1.82, 2.24) is 5.32 Å². The summed E-state index contributed by atoms with van der Waals surface area (Å²) in [5.74, 6) is 0.602. The Morgan fingerprint density at radius 3 is 2.74 bits per heavy atom. The SMILES string of the molecule is CC1(C)CCCCC1NCc1ccc(S(N)(=O)=O)o1. The first kappa shape index (κ1) is 14.6. The van der Waals surface area contributed by atoms with Gasteiger partial charge in [-0.25, -0.2) is 13.6 Å². The smallest absolute Gasteiger partial charge is 0.271 e. The van der Waals surface area contributed by atoms with E-state index in [-0.39, 0.29) is 10.5 Å². The van der Waals surface area contributed by atoms with Gasteiger partial charge in [-0.05, 0) is 30.4 Å². The molecule has 1 aliphatic rings. The molecule has 1 heterocycles. The maximum atomic E-state index is 11.1. The number of primary sulfonamides is 1. The van der Waals surface area contributed by atoms with Crippen LogP contribution in [-0.2, 0) is 16.6 Å². The van der Waals surface area contributed by atoms with Crippen LogP contribution < -0.4 is 10.5 Å². The van der Waals surface area contributed by atoms with E-state index in [1.165, 1.54) is 25.3 Å². The topological polar surface area (TPSA) is 85.3 Å². The number of hydrogen-bond acceptors (Lipinski definition) is 4. The van der Waals surface area contributed by atoms with E-state index < -0.39 is 10.0 Å². The second-order valence-electron chi connectivity index (χ2n) is 5.93. The molecular weight excluding hydrogens is 264 g/mol. The largest absolute Gasteiger partial charge is 0.447 e. The average Bonchev–Trinajstić information content (AvgIpc) is 2.75. The maximum Gasteiger partial charge on any atom is 0.271 e. The number of furan rings is 1. The zero-order valence-electron chi connectivity index (χ0n) is 11.5. The molecule has 3 N–H and O–H groups in total. The highest BCUT2D eigenvalue weighted by molar-refractivity contribution is 7.89. The van der Waals surface area contributed by atoms with Gasteiger partial charge in [0.2, 0.25) is 5.09 Å². The van der Waals surface area contributed by atoms with Crippen LogP contribution in [0.4, 0.5) is 0 Å². The number of nitrogens with one attached hydrogen (secondary N) is 1. The fourth-order valence-electron chi connectivity index (χ4n) is 2.70. The molecule has 0 amide bonds. The lowest BCUT2D eigenvalue weighted by molar-refractivity contribution is 0.163. The van der Waals surface area contributed by atoms with E-state index in [2.05, 4.69) is 19.2 Å². The quantitative estimate of drug-likeness (QED) is 0.886. The van der Waals surface area contributed by atoms with Crippen LogP contribution in [-0.4, -0.2) is 14.5 Å². The van der Waals surface area contributed by atoms with E-state index in [4.69, 9.17) is 9.56 Å². The van der Waals surface area contributed by atoms with Gasteiger partial charge in [-0.15, -0.1) is 0 Å². The predicted molar refractivity (Wildman–Crippen MR) is 73.0 cm³/mol. The van der Waals surface area contributed by atoms with Crippen molar-refractivity contribution in [3.05, 3.63) is 17.9 Å². The zero-order chi connectivity index (χ0) is 14.1. The van der Waals surface area contributed by atoms with Gasteiger partial charge in [-0.2, -0.15) is 0 Å². The third-order valence-corrected chi connectivity index (χ3v) is 4.73. The Bertz CT molecular complexity index is 534. The molecule has 1 fully saturated rings. The van der Waals surface area contributed by atoms with Crippen molar-refractivity contribution >= 4 is 10.0 Å². The normalized spacial score (nSPS) is 23.4. The summed E-state index contributed by atoms with van der Waals surface area (Å²) in [7, 11) is -3.74. The summed E-state index contributed by atoms with van der Waals surface area (Å²) in [6.07, 6.45) is 4.88.